The van der Waals surface area contributed by atoms with Crippen molar-refractivity contribution in [3.05, 3.63) is 74.8 Å². The number of nitrogens with one attached hydrogen (secondary N) is 2. The fourth-order valence-electron chi connectivity index (χ4n) is 3.24. The second-order valence-electron chi connectivity index (χ2n) is 6.54. The lowest BCUT2D eigenvalue weighted by molar-refractivity contribution is -0.385. The minimum Gasteiger partial charge on any atom is -0.363 e. The number of nitro benzene ring substituents is 1. The number of carbonyl (C=O) groups is 2. The van der Waals surface area contributed by atoms with Gasteiger partial charge in [-0.05, 0) is 29.8 Å². The van der Waals surface area contributed by atoms with Gasteiger partial charge < -0.3 is 15.7 Å². The van der Waals surface area contributed by atoms with Crippen LogP contribution in [0.4, 0.5) is 23.7 Å². The quantitative estimate of drug-likeness (QED) is 0.380. The van der Waals surface area contributed by atoms with E-state index in [0.717, 1.165) is 12.1 Å². The van der Waals surface area contributed by atoms with Crippen molar-refractivity contribution < 1.29 is 32.8 Å². The number of aliphatic hydroxyl groups is 1. The van der Waals surface area contributed by atoms with E-state index in [1.165, 1.54) is 41.7 Å². The molecule has 0 aromatic heterocycles. The van der Waals surface area contributed by atoms with Gasteiger partial charge in [-0.25, -0.2) is 4.79 Å². The van der Waals surface area contributed by atoms with Gasteiger partial charge in [0.25, 0.3) is 5.69 Å². The van der Waals surface area contributed by atoms with Gasteiger partial charge in [0.05, 0.1) is 11.0 Å². The summed E-state index contributed by atoms with van der Waals surface area (Å²) in [7, 11) is 0. The molecule has 0 bridgehead atoms. The molecule has 1 fully saturated rings. The number of amides is 2. The van der Waals surface area contributed by atoms with Gasteiger partial charge in [0.2, 0.25) is 5.72 Å². The summed E-state index contributed by atoms with van der Waals surface area (Å²) in [6, 6.07) is 6.20. The maximum absolute atomic E-state index is 13.8. The lowest BCUT2D eigenvalue weighted by atomic mass is 9.77. The first kappa shape index (κ1) is 21.5. The van der Waals surface area contributed by atoms with Gasteiger partial charge in [-0.1, -0.05) is 23.7 Å². The molecule has 1 saturated heterocycles. The number of non-ortho nitro benzene ring substituents is 1. The van der Waals surface area contributed by atoms with Gasteiger partial charge in [-0.15, -0.1) is 0 Å². The Morgan fingerprint density at radius 3 is 2.40 bits per heavy atom. The Hall–Kier alpha value is -3.18. The predicted octanol–water partition coefficient (Wildman–Crippen LogP) is 3.35. The van der Waals surface area contributed by atoms with Crippen molar-refractivity contribution in [3.8, 4) is 0 Å². The predicted molar refractivity (Wildman–Crippen MR) is 97.8 cm³/mol. The Kier molecular flexibility index (Phi) is 5.44. The van der Waals surface area contributed by atoms with Gasteiger partial charge >= 0.3 is 12.2 Å². The van der Waals surface area contributed by atoms with Crippen LogP contribution in [0.5, 0.6) is 0 Å². The van der Waals surface area contributed by atoms with Crippen LogP contribution in [0.3, 0.4) is 0 Å². The maximum atomic E-state index is 13.8. The molecule has 1 aliphatic rings. The number of nitro groups is 1. The van der Waals surface area contributed by atoms with Crippen molar-refractivity contribution in [1.29, 1.82) is 0 Å². The Labute approximate surface area is 171 Å². The molecule has 0 saturated carbocycles. The second-order valence-corrected chi connectivity index (χ2v) is 6.98. The summed E-state index contributed by atoms with van der Waals surface area (Å²) in [5.41, 5.74) is -4.76. The Morgan fingerprint density at radius 2 is 1.83 bits per heavy atom. The molecule has 3 N–H and O–H groups in total. The van der Waals surface area contributed by atoms with Crippen molar-refractivity contribution >= 4 is 29.1 Å². The SMILES string of the molecule is O=C1N[C@H](c2cccc([N+](=O)[O-])c2)[C@@H](C(=O)c2ccc(Cl)cc2)[C@@](O)(C(F)(F)F)N1. The summed E-state index contributed by atoms with van der Waals surface area (Å²) in [5, 5.41) is 25.3. The van der Waals surface area contributed by atoms with E-state index < -0.39 is 46.3 Å². The van der Waals surface area contributed by atoms with E-state index in [0.29, 0.717) is 0 Å². The number of rotatable bonds is 4. The molecule has 158 valence electrons. The van der Waals surface area contributed by atoms with Crippen LogP contribution in [0.1, 0.15) is 22.0 Å². The molecular formula is C18H13ClF3N3O5. The van der Waals surface area contributed by atoms with E-state index in [9.17, 15) is 38.0 Å². The number of carbonyl (C=O) groups excluding carboxylic acids is 2. The van der Waals surface area contributed by atoms with Crippen molar-refractivity contribution in [3.63, 3.8) is 0 Å². The summed E-state index contributed by atoms with van der Waals surface area (Å²) in [4.78, 5) is 35.3. The number of nitrogens with zero attached hydrogens (tertiary/aromatic N) is 1. The first-order valence-corrected chi connectivity index (χ1v) is 8.74. The Balaban J connectivity index is 2.18. The van der Waals surface area contributed by atoms with E-state index in [2.05, 4.69) is 5.32 Å². The maximum Gasteiger partial charge on any atom is 0.437 e. The minimum atomic E-state index is -5.43. The zero-order chi connectivity index (χ0) is 22.3. The van der Waals surface area contributed by atoms with Crippen LogP contribution in [-0.2, 0) is 0 Å². The summed E-state index contributed by atoms with van der Waals surface area (Å²) in [5.74, 6) is -3.45. The number of Topliss-reactive ketones (excluding diaryl/α,β-unsaturated/α-hetero) is 1. The van der Waals surface area contributed by atoms with Crippen molar-refractivity contribution in [1.82, 2.24) is 10.6 Å². The average molecular weight is 444 g/mol. The molecule has 1 aliphatic heterocycles. The van der Waals surface area contributed by atoms with Crippen molar-refractivity contribution in [2.24, 2.45) is 5.92 Å². The standard InChI is InChI=1S/C18H13ClF3N3O5/c19-11-6-4-9(5-7-11)15(26)13-14(10-2-1-3-12(8-10)25(29)30)23-16(27)24-17(13,28)18(20,21)22/h1-8,13-14,28H,(H2,23,24,27)/t13-,14+,17+/m0/s1. The highest BCUT2D eigenvalue weighted by Gasteiger charge is 2.66. The van der Waals surface area contributed by atoms with E-state index in [-0.39, 0.29) is 16.1 Å². The average Bonchev–Trinajstić information content (AvgIpc) is 2.66. The topological polar surface area (TPSA) is 122 Å². The number of urea groups is 1. The van der Waals surface area contributed by atoms with Crippen LogP contribution in [0.2, 0.25) is 5.02 Å². The molecule has 3 atom stereocenters. The lowest BCUT2D eigenvalue weighted by Gasteiger charge is -2.45. The molecule has 0 unspecified atom stereocenters. The Bertz CT molecular complexity index is 1010. The highest BCUT2D eigenvalue weighted by Crippen LogP contribution is 2.44. The third kappa shape index (κ3) is 3.81. The fraction of sp³-hybridized carbons (Fsp3) is 0.222. The van der Waals surface area contributed by atoms with Crippen molar-refractivity contribution in [2.45, 2.75) is 17.9 Å². The molecule has 1 heterocycles. The van der Waals surface area contributed by atoms with E-state index in [1.54, 1.807) is 0 Å². The zero-order valence-corrected chi connectivity index (χ0v) is 15.6. The van der Waals surface area contributed by atoms with Gasteiger partial charge in [0.1, 0.15) is 5.92 Å². The number of alkyl halides is 3. The molecule has 30 heavy (non-hydrogen) atoms. The monoisotopic (exact) mass is 443 g/mol. The molecule has 8 nitrogen and oxygen atoms in total. The molecule has 0 aliphatic carbocycles. The van der Waals surface area contributed by atoms with Crippen LogP contribution < -0.4 is 10.6 Å². The normalized spacial score (nSPS) is 24.0. The minimum absolute atomic E-state index is 0.158. The molecule has 0 radical (unpaired) electrons. The number of ketones is 1. The molecule has 12 heteroatoms. The largest absolute Gasteiger partial charge is 0.437 e. The van der Waals surface area contributed by atoms with E-state index in [4.69, 9.17) is 11.6 Å². The van der Waals surface area contributed by atoms with Gasteiger partial charge in [0.15, 0.2) is 5.78 Å². The van der Waals surface area contributed by atoms with Crippen LogP contribution in [0, 0.1) is 16.0 Å². The summed E-state index contributed by atoms with van der Waals surface area (Å²) in [6.45, 7) is 0. The zero-order valence-electron chi connectivity index (χ0n) is 14.8. The number of hydrogen-bond donors (Lipinski definition) is 3. The third-order valence-corrected chi connectivity index (χ3v) is 4.91. The summed E-state index contributed by atoms with van der Waals surface area (Å²) >= 11 is 5.75. The van der Waals surface area contributed by atoms with Crippen LogP contribution in [0.15, 0.2) is 48.5 Å². The first-order valence-electron chi connectivity index (χ1n) is 8.36. The van der Waals surface area contributed by atoms with Crippen LogP contribution in [-0.4, -0.2) is 33.7 Å². The molecule has 3 rings (SSSR count). The molecule has 0 spiro atoms. The first-order chi connectivity index (χ1) is 13.9. The van der Waals surface area contributed by atoms with Gasteiger partial charge in [-0.2, -0.15) is 13.2 Å². The van der Waals surface area contributed by atoms with E-state index in [1.807, 2.05) is 0 Å². The molecule has 2 amide bonds. The molecular weight excluding hydrogens is 431 g/mol. The smallest absolute Gasteiger partial charge is 0.363 e. The summed E-state index contributed by atoms with van der Waals surface area (Å²) in [6.07, 6.45) is -5.43. The molecule has 2 aromatic carbocycles. The number of benzene rings is 2. The highest BCUT2D eigenvalue weighted by molar-refractivity contribution is 6.30. The number of halogens is 4. The fourth-order valence-corrected chi connectivity index (χ4v) is 3.37. The lowest BCUT2D eigenvalue weighted by Crippen LogP contribution is -2.72. The van der Waals surface area contributed by atoms with Crippen LogP contribution >= 0.6 is 11.6 Å². The highest BCUT2D eigenvalue weighted by atomic mass is 35.5. The molecule has 2 aromatic rings. The van der Waals surface area contributed by atoms with Crippen molar-refractivity contribution in [2.75, 3.05) is 0 Å². The van der Waals surface area contributed by atoms with E-state index >= 15 is 0 Å². The third-order valence-electron chi connectivity index (χ3n) is 4.66. The van der Waals surface area contributed by atoms with Gasteiger partial charge in [-0.3, -0.25) is 14.9 Å². The van der Waals surface area contributed by atoms with Crippen LogP contribution in [0.25, 0.3) is 0 Å². The Morgan fingerprint density at radius 1 is 1.20 bits per heavy atom. The van der Waals surface area contributed by atoms with Gasteiger partial charge in [0, 0.05) is 22.7 Å². The second kappa shape index (κ2) is 7.58. The summed E-state index contributed by atoms with van der Waals surface area (Å²) < 4.78 is 41.4. The number of hydrogen-bond acceptors (Lipinski definition) is 5.